The predicted octanol–water partition coefficient (Wildman–Crippen LogP) is -0.143. The van der Waals surface area contributed by atoms with Gasteiger partial charge in [-0.3, -0.25) is 0 Å². The van der Waals surface area contributed by atoms with Gasteiger partial charge in [-0.2, -0.15) is 5.26 Å². The molecule has 0 aromatic carbocycles. The number of amidine groups is 1. The molecule has 5 heteroatoms. The summed E-state index contributed by atoms with van der Waals surface area (Å²) in [5.74, 6) is 0.185. The molecule has 60 valence electrons. The zero-order chi connectivity index (χ0) is 8.99. The number of nitrogens with zero attached hydrogens (tertiary/aromatic N) is 2. The minimum absolute atomic E-state index is 0.185. The molecule has 0 amide bonds. The summed E-state index contributed by atoms with van der Waals surface area (Å²) in [6.45, 7) is 2.93. The number of nitrogens with two attached hydrogens (primary N) is 2. The molecule has 0 saturated carbocycles. The van der Waals surface area contributed by atoms with Crippen molar-refractivity contribution >= 4 is 5.84 Å². The average molecular weight is 146 g/mol. The van der Waals surface area contributed by atoms with Crippen molar-refractivity contribution in [2.75, 3.05) is 7.05 Å². The molecule has 0 aromatic heterocycles. The number of oxime groups is 1. The van der Waals surface area contributed by atoms with Gasteiger partial charge in [0.2, 0.25) is 0 Å². The van der Waals surface area contributed by atoms with E-state index >= 15 is 0 Å². The highest BCUT2D eigenvalue weighted by Crippen LogP contribution is 1.51. The second-order valence-electron chi connectivity index (χ2n) is 0.965. The maximum absolute atomic E-state index is 7.61. The van der Waals surface area contributed by atoms with E-state index in [1.807, 2.05) is 0 Å². The topological polar surface area (TPSA) is 108 Å². The fourth-order valence-corrected chi connectivity index (χ4v) is 0. The molecule has 0 heterocycles. The fraction of sp³-hybridized carbons (Fsp3) is 0.600. The monoisotopic (exact) mass is 146 g/mol. The van der Waals surface area contributed by atoms with Gasteiger partial charge in [-0.15, -0.1) is 0 Å². The predicted molar refractivity (Wildman–Crippen MR) is 40.5 cm³/mol. The molecule has 0 spiro atoms. The standard InChI is InChI=1S/C2H6N2O.C2H3N.CH5N/c1-2(3)4-5;1-2-3;1-2/h5H,1H3,(H2,3,4);1H3;2H2,1H3. The number of nitriles is 1. The summed E-state index contributed by atoms with van der Waals surface area (Å²) in [5.41, 5.74) is 9.29. The van der Waals surface area contributed by atoms with Crippen LogP contribution in [0.25, 0.3) is 0 Å². The molecular formula is C5H14N4O. The smallest absolute Gasteiger partial charge is 0.135 e. The molecule has 0 radical (unpaired) electrons. The van der Waals surface area contributed by atoms with Crippen LogP contribution in [-0.2, 0) is 0 Å². The first kappa shape index (κ1) is 15.9. The number of rotatable bonds is 0. The number of hydrogen-bond donors (Lipinski definition) is 3. The van der Waals surface area contributed by atoms with E-state index in [0.717, 1.165) is 0 Å². The lowest BCUT2D eigenvalue weighted by Crippen LogP contribution is -2.03. The molecule has 0 unspecified atom stereocenters. The van der Waals surface area contributed by atoms with Gasteiger partial charge in [-0.25, -0.2) is 0 Å². The van der Waals surface area contributed by atoms with Crippen molar-refractivity contribution in [1.29, 1.82) is 5.26 Å². The van der Waals surface area contributed by atoms with Gasteiger partial charge in [0.05, 0.1) is 6.07 Å². The van der Waals surface area contributed by atoms with Crippen LogP contribution in [0.2, 0.25) is 0 Å². The Hall–Kier alpha value is -1.28. The molecule has 0 bridgehead atoms. The maximum Gasteiger partial charge on any atom is 0.135 e. The molecule has 5 nitrogen and oxygen atoms in total. The van der Waals surface area contributed by atoms with Crippen molar-refractivity contribution in [3.05, 3.63) is 0 Å². The van der Waals surface area contributed by atoms with E-state index < -0.39 is 0 Å². The Bertz CT molecular complexity index is 101. The first-order valence-corrected chi connectivity index (χ1v) is 2.51. The molecule has 0 saturated heterocycles. The Labute approximate surface area is 60.9 Å². The van der Waals surface area contributed by atoms with Gasteiger partial charge < -0.3 is 16.7 Å². The molecule has 5 N–H and O–H groups in total. The normalized spacial score (nSPS) is 7.30. The highest BCUT2D eigenvalue weighted by atomic mass is 16.4. The van der Waals surface area contributed by atoms with Gasteiger partial charge in [0.15, 0.2) is 0 Å². The van der Waals surface area contributed by atoms with E-state index in [2.05, 4.69) is 10.9 Å². The summed E-state index contributed by atoms with van der Waals surface area (Å²) < 4.78 is 0. The fourth-order valence-electron chi connectivity index (χ4n) is 0. The summed E-state index contributed by atoms with van der Waals surface area (Å²) in [6, 6.07) is 1.75. The SMILES string of the molecule is C/C(N)=N/O.CC#N.CN. The molecule has 0 aliphatic heterocycles. The lowest BCUT2D eigenvalue weighted by atomic mass is 10.7. The van der Waals surface area contributed by atoms with Crippen molar-refractivity contribution in [3.63, 3.8) is 0 Å². The van der Waals surface area contributed by atoms with Gasteiger partial charge in [0, 0.05) is 6.92 Å². The molecular weight excluding hydrogens is 132 g/mol. The third kappa shape index (κ3) is 424. The number of hydrogen-bond acceptors (Lipinski definition) is 4. The summed E-state index contributed by atoms with van der Waals surface area (Å²) in [4.78, 5) is 0. The largest absolute Gasteiger partial charge is 0.409 e. The molecule has 0 atom stereocenters. The van der Waals surface area contributed by atoms with Crippen LogP contribution < -0.4 is 11.5 Å². The van der Waals surface area contributed by atoms with Crippen LogP contribution in [0.5, 0.6) is 0 Å². The van der Waals surface area contributed by atoms with Crippen molar-refractivity contribution in [2.24, 2.45) is 16.6 Å². The van der Waals surface area contributed by atoms with Gasteiger partial charge >= 0.3 is 0 Å². The summed E-state index contributed by atoms with van der Waals surface area (Å²) >= 11 is 0. The molecule has 0 fully saturated rings. The van der Waals surface area contributed by atoms with Crippen LogP contribution >= 0.6 is 0 Å². The van der Waals surface area contributed by atoms with Gasteiger partial charge in [0.1, 0.15) is 5.84 Å². The van der Waals surface area contributed by atoms with Crippen LogP contribution in [0.3, 0.4) is 0 Å². The van der Waals surface area contributed by atoms with Gasteiger partial charge in [-0.1, -0.05) is 5.16 Å². The van der Waals surface area contributed by atoms with E-state index in [9.17, 15) is 0 Å². The minimum Gasteiger partial charge on any atom is -0.409 e. The lowest BCUT2D eigenvalue weighted by Gasteiger charge is -1.73. The quantitative estimate of drug-likeness (QED) is 0.191. The van der Waals surface area contributed by atoms with E-state index in [-0.39, 0.29) is 5.84 Å². The van der Waals surface area contributed by atoms with E-state index in [1.54, 1.807) is 6.07 Å². The zero-order valence-corrected chi connectivity index (χ0v) is 6.50. The maximum atomic E-state index is 7.61. The van der Waals surface area contributed by atoms with Crippen molar-refractivity contribution < 1.29 is 5.21 Å². The van der Waals surface area contributed by atoms with Crippen molar-refractivity contribution in [3.8, 4) is 6.07 Å². The van der Waals surface area contributed by atoms with E-state index in [1.165, 1.54) is 20.9 Å². The molecule has 0 aromatic rings. The highest BCUT2D eigenvalue weighted by Gasteiger charge is 1.64. The Morgan fingerprint density at radius 1 is 1.60 bits per heavy atom. The summed E-state index contributed by atoms with van der Waals surface area (Å²) in [5, 5.41) is 17.5. The molecule has 0 aliphatic carbocycles. The van der Waals surface area contributed by atoms with E-state index in [0.29, 0.717) is 0 Å². The molecule has 0 aliphatic rings. The van der Waals surface area contributed by atoms with Crippen LogP contribution in [0.15, 0.2) is 5.16 Å². The minimum atomic E-state index is 0.185. The highest BCUT2D eigenvalue weighted by molar-refractivity contribution is 5.76. The van der Waals surface area contributed by atoms with Crippen LogP contribution in [-0.4, -0.2) is 18.1 Å². The van der Waals surface area contributed by atoms with Crippen LogP contribution in [0.4, 0.5) is 0 Å². The van der Waals surface area contributed by atoms with Crippen LogP contribution in [0.1, 0.15) is 13.8 Å². The Morgan fingerprint density at radius 3 is 1.70 bits per heavy atom. The first-order valence-electron chi connectivity index (χ1n) is 2.51. The van der Waals surface area contributed by atoms with Gasteiger partial charge in [-0.05, 0) is 14.0 Å². The Morgan fingerprint density at radius 2 is 1.70 bits per heavy atom. The Kier molecular flexibility index (Phi) is 40.0. The average Bonchev–Trinajstić information content (AvgIpc) is 1.94. The van der Waals surface area contributed by atoms with E-state index in [4.69, 9.17) is 16.2 Å². The second-order valence-corrected chi connectivity index (χ2v) is 0.965. The lowest BCUT2D eigenvalue weighted by molar-refractivity contribution is 0.318. The molecule has 10 heavy (non-hydrogen) atoms. The van der Waals surface area contributed by atoms with Crippen LogP contribution in [0, 0.1) is 11.3 Å². The second kappa shape index (κ2) is 25.2. The van der Waals surface area contributed by atoms with Crippen molar-refractivity contribution in [2.45, 2.75) is 13.8 Å². The zero-order valence-electron chi connectivity index (χ0n) is 6.50. The first-order chi connectivity index (χ1) is 4.68. The molecule has 0 rings (SSSR count). The third-order valence-corrected chi connectivity index (χ3v) is 0.158. The third-order valence-electron chi connectivity index (χ3n) is 0.158. The van der Waals surface area contributed by atoms with Gasteiger partial charge in [0.25, 0.3) is 0 Å². The Balaban J connectivity index is -0.0000000847. The summed E-state index contributed by atoms with van der Waals surface area (Å²) in [7, 11) is 1.50. The van der Waals surface area contributed by atoms with Crippen molar-refractivity contribution in [1.82, 2.24) is 0 Å². The summed E-state index contributed by atoms with van der Waals surface area (Å²) in [6.07, 6.45) is 0.